The van der Waals surface area contributed by atoms with E-state index in [0.29, 0.717) is 26.2 Å². The van der Waals surface area contributed by atoms with Gasteiger partial charge in [-0.3, -0.25) is 0 Å². The number of pyridine rings is 1. The number of methoxy groups -OCH3 is 1. The summed E-state index contributed by atoms with van der Waals surface area (Å²) < 4.78 is 10.6. The van der Waals surface area contributed by atoms with Gasteiger partial charge in [0.15, 0.2) is 0 Å². The van der Waals surface area contributed by atoms with E-state index in [1.165, 1.54) is 0 Å². The highest BCUT2D eigenvalue weighted by Gasteiger charge is 2.00. The number of rotatable bonds is 9. The van der Waals surface area contributed by atoms with Gasteiger partial charge in [0, 0.05) is 19.3 Å². The Labute approximate surface area is 141 Å². The number of carbonyl (C=O) groups is 1. The average Bonchev–Trinajstić information content (AvgIpc) is 2.64. The Bertz CT molecular complexity index is 605. The molecule has 1 heterocycles. The number of hydrogen-bond donors (Lipinski definition) is 3. The standard InChI is InChI=1S/C17H22N4O3/c1-23-14-5-7-15(8-6-14)24-13-12-21-17(22)20-11-10-19-16-4-2-3-9-18-16/h2-9H,10-13H2,1H3,(H,18,19)(H2,20,21,22). The number of anilines is 1. The molecule has 0 radical (unpaired) electrons. The predicted octanol–water partition coefficient (Wildman–Crippen LogP) is 1.88. The lowest BCUT2D eigenvalue weighted by Gasteiger charge is -2.10. The third-order valence-corrected chi connectivity index (χ3v) is 3.10. The fourth-order valence-corrected chi connectivity index (χ4v) is 1.90. The number of amides is 2. The Morgan fingerprint density at radius 1 is 1.00 bits per heavy atom. The monoisotopic (exact) mass is 330 g/mol. The second-order valence-electron chi connectivity index (χ2n) is 4.85. The van der Waals surface area contributed by atoms with Crippen LogP contribution in [0, 0.1) is 0 Å². The SMILES string of the molecule is COc1ccc(OCCNC(=O)NCCNc2ccccn2)cc1. The highest BCUT2D eigenvalue weighted by Crippen LogP contribution is 2.16. The van der Waals surface area contributed by atoms with Gasteiger partial charge in [0.25, 0.3) is 0 Å². The van der Waals surface area contributed by atoms with Crippen molar-refractivity contribution < 1.29 is 14.3 Å². The second kappa shape index (κ2) is 9.94. The van der Waals surface area contributed by atoms with Crippen molar-refractivity contribution in [2.75, 3.05) is 38.7 Å². The number of urea groups is 1. The number of hydrogen-bond acceptors (Lipinski definition) is 5. The summed E-state index contributed by atoms with van der Waals surface area (Å²) in [6.07, 6.45) is 1.71. The van der Waals surface area contributed by atoms with Crippen LogP contribution in [0.2, 0.25) is 0 Å². The van der Waals surface area contributed by atoms with Crippen LogP contribution in [0.25, 0.3) is 0 Å². The molecule has 0 aliphatic rings. The molecule has 3 N–H and O–H groups in total. The molecule has 0 aliphatic heterocycles. The summed E-state index contributed by atoms with van der Waals surface area (Å²) in [6, 6.07) is 12.7. The number of carbonyl (C=O) groups excluding carboxylic acids is 1. The molecule has 1 aromatic carbocycles. The first-order valence-corrected chi connectivity index (χ1v) is 7.71. The Morgan fingerprint density at radius 2 is 1.75 bits per heavy atom. The van der Waals surface area contributed by atoms with E-state index >= 15 is 0 Å². The summed E-state index contributed by atoms with van der Waals surface area (Å²) in [7, 11) is 1.62. The van der Waals surface area contributed by atoms with Crippen molar-refractivity contribution in [3.63, 3.8) is 0 Å². The number of benzene rings is 1. The van der Waals surface area contributed by atoms with Crippen LogP contribution in [-0.4, -0.2) is 44.4 Å². The number of ether oxygens (including phenoxy) is 2. The lowest BCUT2D eigenvalue weighted by molar-refractivity contribution is 0.237. The number of nitrogens with zero attached hydrogens (tertiary/aromatic N) is 1. The van der Waals surface area contributed by atoms with Gasteiger partial charge in [-0.05, 0) is 36.4 Å². The molecule has 1 aromatic heterocycles. The van der Waals surface area contributed by atoms with Crippen molar-refractivity contribution in [3.05, 3.63) is 48.7 Å². The van der Waals surface area contributed by atoms with Gasteiger partial charge in [-0.2, -0.15) is 0 Å². The minimum absolute atomic E-state index is 0.226. The third kappa shape index (κ3) is 6.43. The van der Waals surface area contributed by atoms with Crippen LogP contribution in [0.1, 0.15) is 0 Å². The van der Waals surface area contributed by atoms with Gasteiger partial charge in [0.05, 0.1) is 13.7 Å². The molecule has 24 heavy (non-hydrogen) atoms. The zero-order valence-corrected chi connectivity index (χ0v) is 13.6. The van der Waals surface area contributed by atoms with E-state index in [0.717, 1.165) is 17.3 Å². The van der Waals surface area contributed by atoms with Gasteiger partial charge in [0.1, 0.15) is 23.9 Å². The molecule has 7 nitrogen and oxygen atoms in total. The van der Waals surface area contributed by atoms with Crippen molar-refractivity contribution in [3.8, 4) is 11.5 Å². The predicted molar refractivity (Wildman–Crippen MR) is 92.6 cm³/mol. The molecule has 0 aliphatic carbocycles. The molecule has 0 saturated carbocycles. The number of aromatic nitrogens is 1. The van der Waals surface area contributed by atoms with E-state index in [2.05, 4.69) is 20.9 Å². The first kappa shape index (κ1) is 17.4. The summed E-state index contributed by atoms with van der Waals surface area (Å²) in [6.45, 7) is 1.92. The van der Waals surface area contributed by atoms with E-state index in [4.69, 9.17) is 9.47 Å². The van der Waals surface area contributed by atoms with Crippen LogP contribution < -0.4 is 25.4 Å². The van der Waals surface area contributed by atoms with Crippen molar-refractivity contribution in [1.82, 2.24) is 15.6 Å². The van der Waals surface area contributed by atoms with Crippen molar-refractivity contribution in [2.24, 2.45) is 0 Å². The molecule has 2 amide bonds. The minimum Gasteiger partial charge on any atom is -0.497 e. The lowest BCUT2D eigenvalue weighted by Crippen LogP contribution is -2.39. The van der Waals surface area contributed by atoms with E-state index in [9.17, 15) is 4.79 Å². The van der Waals surface area contributed by atoms with Gasteiger partial charge in [-0.15, -0.1) is 0 Å². The van der Waals surface area contributed by atoms with Crippen molar-refractivity contribution >= 4 is 11.8 Å². The van der Waals surface area contributed by atoms with Crippen LogP contribution in [0.15, 0.2) is 48.7 Å². The molecule has 128 valence electrons. The van der Waals surface area contributed by atoms with E-state index < -0.39 is 0 Å². The molecule has 2 rings (SSSR count). The Kier molecular flexibility index (Phi) is 7.20. The van der Waals surface area contributed by atoms with Crippen LogP contribution >= 0.6 is 0 Å². The summed E-state index contributed by atoms with van der Waals surface area (Å²) in [5.74, 6) is 2.30. The third-order valence-electron chi connectivity index (χ3n) is 3.10. The molecular formula is C17H22N4O3. The topological polar surface area (TPSA) is 84.5 Å². The molecule has 7 heteroatoms. The summed E-state index contributed by atoms with van der Waals surface area (Å²) in [5.41, 5.74) is 0. The summed E-state index contributed by atoms with van der Waals surface area (Å²) in [4.78, 5) is 15.7. The van der Waals surface area contributed by atoms with Crippen LogP contribution in [-0.2, 0) is 0 Å². The maximum Gasteiger partial charge on any atom is 0.314 e. The first-order chi connectivity index (χ1) is 11.8. The van der Waals surface area contributed by atoms with E-state index in [1.54, 1.807) is 13.3 Å². The molecule has 2 aromatic rings. The molecular weight excluding hydrogens is 308 g/mol. The van der Waals surface area contributed by atoms with Crippen molar-refractivity contribution in [1.29, 1.82) is 0 Å². The molecule has 0 spiro atoms. The van der Waals surface area contributed by atoms with Crippen LogP contribution in [0.3, 0.4) is 0 Å². The Balaban J connectivity index is 1.51. The molecule has 0 atom stereocenters. The number of nitrogens with one attached hydrogen (secondary N) is 3. The largest absolute Gasteiger partial charge is 0.497 e. The van der Waals surface area contributed by atoms with Gasteiger partial charge < -0.3 is 25.4 Å². The maximum atomic E-state index is 11.6. The van der Waals surface area contributed by atoms with E-state index in [1.807, 2.05) is 42.5 Å². The average molecular weight is 330 g/mol. The van der Waals surface area contributed by atoms with Crippen LogP contribution in [0.4, 0.5) is 10.6 Å². The normalized spacial score (nSPS) is 9.88. The first-order valence-electron chi connectivity index (χ1n) is 7.71. The highest BCUT2D eigenvalue weighted by molar-refractivity contribution is 5.73. The molecule has 0 saturated heterocycles. The van der Waals surface area contributed by atoms with Gasteiger partial charge in [0.2, 0.25) is 0 Å². The smallest absolute Gasteiger partial charge is 0.314 e. The molecule has 0 unspecified atom stereocenters. The fourth-order valence-electron chi connectivity index (χ4n) is 1.90. The lowest BCUT2D eigenvalue weighted by atomic mass is 10.3. The van der Waals surface area contributed by atoms with Crippen LogP contribution in [0.5, 0.6) is 11.5 Å². The minimum atomic E-state index is -0.226. The van der Waals surface area contributed by atoms with Gasteiger partial charge in [-0.1, -0.05) is 6.07 Å². The highest BCUT2D eigenvalue weighted by atomic mass is 16.5. The second-order valence-corrected chi connectivity index (χ2v) is 4.85. The summed E-state index contributed by atoms with van der Waals surface area (Å²) >= 11 is 0. The Morgan fingerprint density at radius 3 is 2.46 bits per heavy atom. The van der Waals surface area contributed by atoms with Gasteiger partial charge in [-0.25, -0.2) is 9.78 Å². The molecule has 0 fully saturated rings. The Hall–Kier alpha value is -2.96. The molecule has 0 bridgehead atoms. The quantitative estimate of drug-likeness (QED) is 0.611. The van der Waals surface area contributed by atoms with E-state index in [-0.39, 0.29) is 6.03 Å². The zero-order chi connectivity index (χ0) is 17.0. The summed E-state index contributed by atoms with van der Waals surface area (Å²) in [5, 5.41) is 8.59. The van der Waals surface area contributed by atoms with Crippen molar-refractivity contribution in [2.45, 2.75) is 0 Å². The maximum absolute atomic E-state index is 11.6. The van der Waals surface area contributed by atoms with Gasteiger partial charge >= 0.3 is 6.03 Å². The fraction of sp³-hybridized carbons (Fsp3) is 0.294. The zero-order valence-electron chi connectivity index (χ0n) is 13.6.